The van der Waals surface area contributed by atoms with Crippen molar-refractivity contribution in [3.05, 3.63) is 88.9 Å². The van der Waals surface area contributed by atoms with Gasteiger partial charge in [-0.25, -0.2) is 8.78 Å². The molecule has 204 valence electrons. The summed E-state index contributed by atoms with van der Waals surface area (Å²) < 4.78 is 77.8. The molecule has 0 N–H and O–H groups in total. The van der Waals surface area contributed by atoms with E-state index in [1.165, 1.54) is 18.2 Å². The molecule has 1 amide bonds. The first kappa shape index (κ1) is 26.4. The van der Waals surface area contributed by atoms with Crippen molar-refractivity contribution in [2.24, 2.45) is 7.05 Å². The van der Waals surface area contributed by atoms with Gasteiger partial charge in [0.15, 0.2) is 18.1 Å². The summed E-state index contributed by atoms with van der Waals surface area (Å²) in [7, 11) is 1.73. The maximum absolute atomic E-state index is 14.3. The summed E-state index contributed by atoms with van der Waals surface area (Å²) in [4.78, 5) is 15.3. The van der Waals surface area contributed by atoms with Crippen LogP contribution in [0.3, 0.4) is 0 Å². The molecule has 0 bridgehead atoms. The number of carbonyl (C=O) groups excluding carboxylic acids is 1. The zero-order chi connectivity index (χ0) is 28.1. The Hall–Kier alpha value is -4.22. The average Bonchev–Trinajstić information content (AvgIpc) is 3.54. The van der Waals surface area contributed by atoms with Gasteiger partial charge in [-0.15, -0.1) is 0 Å². The maximum Gasteiger partial charge on any atom is 0.422 e. The molecule has 1 aliphatic heterocycles. The molecular weight excluding hydrogens is 523 g/mol. The molecule has 0 fully saturated rings. The van der Waals surface area contributed by atoms with E-state index in [1.54, 1.807) is 48.1 Å². The fourth-order valence-corrected chi connectivity index (χ4v) is 4.90. The number of benzene rings is 2. The predicted octanol–water partition coefficient (Wildman–Crippen LogP) is 5.82. The third-order valence-electron chi connectivity index (χ3n) is 6.95. The lowest BCUT2D eigenvalue weighted by molar-refractivity contribution is -0.153. The minimum Gasteiger partial charge on any atom is -0.484 e. The van der Waals surface area contributed by atoms with Gasteiger partial charge in [0, 0.05) is 42.9 Å². The lowest BCUT2D eigenvalue weighted by Gasteiger charge is -2.45. The average molecular weight is 546 g/mol. The number of carbonyl (C=O) groups is 1. The number of amides is 1. The van der Waals surface area contributed by atoms with Gasteiger partial charge in [0.2, 0.25) is 0 Å². The lowest BCUT2D eigenvalue weighted by atomic mass is 9.71. The molecular formula is C27H23F5N4O3. The third kappa shape index (κ3) is 4.98. The van der Waals surface area contributed by atoms with Crippen molar-refractivity contribution in [3.63, 3.8) is 0 Å². The first-order valence-corrected chi connectivity index (χ1v) is 11.9. The van der Waals surface area contributed by atoms with Crippen molar-refractivity contribution in [3.8, 4) is 17.1 Å². The molecule has 0 aliphatic carbocycles. The zero-order valence-electron chi connectivity index (χ0n) is 21.1. The summed E-state index contributed by atoms with van der Waals surface area (Å²) in [5.41, 5.74) is 1.13. The van der Waals surface area contributed by atoms with Crippen LogP contribution in [0.25, 0.3) is 11.3 Å². The highest BCUT2D eigenvalue weighted by Gasteiger charge is 2.44. The van der Waals surface area contributed by atoms with Gasteiger partial charge in [-0.3, -0.25) is 9.48 Å². The molecule has 12 heteroatoms. The SMILES string of the molecule is CC1c2ccc(OCC(F)(F)F)cc2C(C)(c2cnn(C)c2)CN1C(=O)c1cc(-c2ccc(F)cc2F)on1. The normalized spacial score (nSPS) is 19.2. The van der Waals surface area contributed by atoms with Crippen molar-refractivity contribution in [1.29, 1.82) is 0 Å². The Morgan fingerprint density at radius 2 is 1.95 bits per heavy atom. The van der Waals surface area contributed by atoms with Crippen LogP contribution < -0.4 is 4.74 Å². The van der Waals surface area contributed by atoms with E-state index >= 15 is 0 Å². The van der Waals surface area contributed by atoms with E-state index in [2.05, 4.69) is 10.3 Å². The molecule has 0 saturated heterocycles. The molecule has 1 aliphatic rings. The zero-order valence-corrected chi connectivity index (χ0v) is 21.1. The Bertz CT molecular complexity index is 1550. The monoisotopic (exact) mass is 546 g/mol. The molecule has 2 atom stereocenters. The van der Waals surface area contributed by atoms with E-state index in [1.807, 2.05) is 6.92 Å². The Balaban J connectivity index is 1.52. The molecule has 0 spiro atoms. The van der Waals surface area contributed by atoms with Crippen LogP contribution in [0.4, 0.5) is 22.0 Å². The lowest BCUT2D eigenvalue weighted by Crippen LogP contribution is -2.49. The van der Waals surface area contributed by atoms with Gasteiger partial charge in [0.05, 0.1) is 17.8 Å². The van der Waals surface area contributed by atoms with Crippen LogP contribution >= 0.6 is 0 Å². The number of ether oxygens (including phenoxy) is 1. The second-order valence-corrected chi connectivity index (χ2v) is 9.70. The van der Waals surface area contributed by atoms with E-state index in [4.69, 9.17) is 9.26 Å². The first-order valence-electron chi connectivity index (χ1n) is 11.9. The summed E-state index contributed by atoms with van der Waals surface area (Å²) in [5, 5.41) is 8.08. The highest BCUT2D eigenvalue weighted by Crippen LogP contribution is 2.45. The Kier molecular flexibility index (Phi) is 6.44. The van der Waals surface area contributed by atoms with E-state index in [9.17, 15) is 26.7 Å². The number of hydrogen-bond donors (Lipinski definition) is 0. The van der Waals surface area contributed by atoms with Gasteiger partial charge >= 0.3 is 6.18 Å². The second-order valence-electron chi connectivity index (χ2n) is 9.70. The summed E-state index contributed by atoms with van der Waals surface area (Å²) in [5.74, 6) is -2.11. The molecule has 0 radical (unpaired) electrons. The number of alkyl halides is 3. The van der Waals surface area contributed by atoms with Gasteiger partial charge in [-0.2, -0.15) is 18.3 Å². The first-order chi connectivity index (χ1) is 18.4. The highest BCUT2D eigenvalue weighted by atomic mass is 19.4. The van der Waals surface area contributed by atoms with Crippen LogP contribution in [-0.2, 0) is 12.5 Å². The van der Waals surface area contributed by atoms with Crippen LogP contribution in [0.1, 0.15) is 47.1 Å². The summed E-state index contributed by atoms with van der Waals surface area (Å²) >= 11 is 0. The van der Waals surface area contributed by atoms with Gasteiger partial charge in [0.25, 0.3) is 5.91 Å². The van der Waals surface area contributed by atoms with E-state index in [0.29, 0.717) is 17.2 Å². The maximum atomic E-state index is 14.3. The van der Waals surface area contributed by atoms with Crippen molar-refractivity contribution in [1.82, 2.24) is 19.8 Å². The second kappa shape index (κ2) is 9.51. The standard InChI is InChI=1S/C27H23F5N4O3/c1-15-19-7-5-18(38-14-27(30,31)32)9-21(19)26(2,16-11-33-35(3)12-16)13-36(15)25(37)23-10-24(39-34-23)20-6-4-17(28)8-22(20)29/h4-12,15H,13-14H2,1-3H3. The quantitative estimate of drug-likeness (QED) is 0.295. The van der Waals surface area contributed by atoms with Crippen molar-refractivity contribution in [2.45, 2.75) is 31.5 Å². The summed E-state index contributed by atoms with van der Waals surface area (Å²) in [6, 6.07) is 8.39. The number of halogens is 5. The number of rotatable bonds is 5. The topological polar surface area (TPSA) is 73.4 Å². The molecule has 4 aromatic rings. The number of aromatic nitrogens is 3. The Labute approximate surface area is 219 Å². The third-order valence-corrected chi connectivity index (χ3v) is 6.95. The van der Waals surface area contributed by atoms with Gasteiger partial charge in [-0.05, 0) is 49.2 Å². The van der Waals surface area contributed by atoms with Crippen molar-refractivity contribution >= 4 is 5.91 Å². The van der Waals surface area contributed by atoms with Crippen molar-refractivity contribution in [2.75, 3.05) is 13.2 Å². The van der Waals surface area contributed by atoms with Crippen LogP contribution in [0.2, 0.25) is 0 Å². The summed E-state index contributed by atoms with van der Waals surface area (Å²) in [6.07, 6.45) is -1.08. The molecule has 2 unspecified atom stereocenters. The Morgan fingerprint density at radius 3 is 2.62 bits per heavy atom. The molecule has 5 rings (SSSR count). The van der Waals surface area contributed by atoms with Crippen LogP contribution in [0.15, 0.2) is 59.4 Å². The predicted molar refractivity (Wildman–Crippen MR) is 129 cm³/mol. The molecule has 2 aromatic heterocycles. The number of fused-ring (bicyclic) bond motifs is 1. The Morgan fingerprint density at radius 1 is 1.18 bits per heavy atom. The van der Waals surface area contributed by atoms with Gasteiger partial charge in [-0.1, -0.05) is 11.2 Å². The minimum absolute atomic E-state index is 0.0395. The number of aryl methyl sites for hydroxylation is 1. The number of hydrogen-bond acceptors (Lipinski definition) is 5. The largest absolute Gasteiger partial charge is 0.484 e. The molecule has 3 heterocycles. The molecule has 2 aromatic carbocycles. The number of nitrogens with zero attached hydrogens (tertiary/aromatic N) is 4. The fraction of sp³-hybridized carbons (Fsp3) is 0.296. The molecule has 7 nitrogen and oxygen atoms in total. The minimum atomic E-state index is -4.49. The molecule has 39 heavy (non-hydrogen) atoms. The van der Waals surface area contributed by atoms with E-state index in [0.717, 1.165) is 11.6 Å². The van der Waals surface area contributed by atoms with Crippen LogP contribution in [-0.4, -0.2) is 45.1 Å². The molecule has 0 saturated carbocycles. The fourth-order valence-electron chi connectivity index (χ4n) is 4.90. The smallest absolute Gasteiger partial charge is 0.422 e. The van der Waals surface area contributed by atoms with Gasteiger partial charge < -0.3 is 14.2 Å². The van der Waals surface area contributed by atoms with Gasteiger partial charge in [0.1, 0.15) is 17.4 Å². The van der Waals surface area contributed by atoms with E-state index in [-0.39, 0.29) is 29.3 Å². The van der Waals surface area contributed by atoms with Crippen LogP contribution in [0, 0.1) is 11.6 Å². The van der Waals surface area contributed by atoms with Crippen molar-refractivity contribution < 1.29 is 36.0 Å². The highest BCUT2D eigenvalue weighted by molar-refractivity contribution is 5.94. The van der Waals surface area contributed by atoms with E-state index < -0.39 is 41.8 Å². The summed E-state index contributed by atoms with van der Waals surface area (Å²) in [6.45, 7) is 2.35. The van der Waals surface area contributed by atoms with Crippen LogP contribution in [0.5, 0.6) is 5.75 Å².